The van der Waals surface area contributed by atoms with E-state index in [9.17, 15) is 14.7 Å². The van der Waals surface area contributed by atoms with Crippen molar-refractivity contribution in [2.75, 3.05) is 32.5 Å². The van der Waals surface area contributed by atoms with Crippen LogP contribution in [0.3, 0.4) is 0 Å². The van der Waals surface area contributed by atoms with Gasteiger partial charge < -0.3 is 25.2 Å². The van der Waals surface area contributed by atoms with E-state index in [1.165, 1.54) is 19.2 Å². The first kappa shape index (κ1) is 15.1. The number of carbonyl (C=O) groups excluding carboxylic acids is 2. The number of anilines is 1. The van der Waals surface area contributed by atoms with Gasteiger partial charge in [-0.1, -0.05) is 0 Å². The van der Waals surface area contributed by atoms with E-state index < -0.39 is 0 Å². The minimum absolute atomic E-state index is 0.104. The highest BCUT2D eigenvalue weighted by molar-refractivity contribution is 5.95. The van der Waals surface area contributed by atoms with Crippen molar-refractivity contribution < 1.29 is 24.2 Å². The van der Waals surface area contributed by atoms with Gasteiger partial charge in [-0.05, 0) is 18.2 Å². The molecule has 7 nitrogen and oxygen atoms in total. The summed E-state index contributed by atoms with van der Waals surface area (Å²) in [7, 11) is 1.31. The Kier molecular flexibility index (Phi) is 4.64. The van der Waals surface area contributed by atoms with Gasteiger partial charge in [0.15, 0.2) is 0 Å². The van der Waals surface area contributed by atoms with Crippen LogP contribution in [0, 0.1) is 0 Å². The minimum atomic E-state index is -0.377. The Labute approximate surface area is 122 Å². The van der Waals surface area contributed by atoms with Crippen LogP contribution in [0.4, 0.5) is 5.69 Å². The zero-order chi connectivity index (χ0) is 15.4. The van der Waals surface area contributed by atoms with E-state index in [4.69, 9.17) is 10.5 Å². The second-order valence-corrected chi connectivity index (χ2v) is 4.80. The monoisotopic (exact) mass is 294 g/mol. The molecule has 1 fully saturated rings. The average molecular weight is 294 g/mol. The van der Waals surface area contributed by atoms with Gasteiger partial charge in [0.25, 0.3) is 5.91 Å². The lowest BCUT2D eigenvalue weighted by molar-refractivity contribution is -0.145. The third-order valence-electron chi connectivity index (χ3n) is 3.33. The molecule has 114 valence electrons. The molecular formula is C14H18N2O5. The highest BCUT2D eigenvalue weighted by Crippen LogP contribution is 2.22. The molecule has 1 aliphatic heterocycles. The number of morpholine rings is 1. The van der Waals surface area contributed by atoms with Crippen LogP contribution in [0.2, 0.25) is 0 Å². The van der Waals surface area contributed by atoms with Gasteiger partial charge in [0.2, 0.25) is 0 Å². The molecule has 0 bridgehead atoms. The fourth-order valence-electron chi connectivity index (χ4n) is 2.16. The maximum atomic E-state index is 12.4. The summed E-state index contributed by atoms with van der Waals surface area (Å²) in [6, 6.07) is 4.37. The number of aromatic hydroxyl groups is 1. The number of nitrogens with two attached hydrogens (primary N) is 1. The molecule has 1 unspecified atom stereocenters. The Morgan fingerprint density at radius 3 is 2.95 bits per heavy atom. The van der Waals surface area contributed by atoms with Crippen LogP contribution in [0.5, 0.6) is 5.75 Å². The number of esters is 1. The SMILES string of the molecule is COC(=O)CC1CN(C(=O)c2ccc(N)c(O)c2)CCO1. The molecule has 0 radical (unpaired) electrons. The number of benzene rings is 1. The Morgan fingerprint density at radius 1 is 1.52 bits per heavy atom. The van der Waals surface area contributed by atoms with E-state index in [0.29, 0.717) is 25.3 Å². The first-order valence-electron chi connectivity index (χ1n) is 6.57. The van der Waals surface area contributed by atoms with Crippen molar-refractivity contribution in [3.63, 3.8) is 0 Å². The van der Waals surface area contributed by atoms with Crippen molar-refractivity contribution in [2.24, 2.45) is 0 Å². The first-order chi connectivity index (χ1) is 10.0. The molecule has 21 heavy (non-hydrogen) atoms. The number of rotatable bonds is 3. The van der Waals surface area contributed by atoms with Gasteiger partial charge in [0.05, 0.1) is 31.9 Å². The maximum absolute atomic E-state index is 12.4. The number of amides is 1. The van der Waals surface area contributed by atoms with Crippen LogP contribution >= 0.6 is 0 Å². The van der Waals surface area contributed by atoms with E-state index >= 15 is 0 Å². The smallest absolute Gasteiger partial charge is 0.308 e. The summed E-state index contributed by atoms with van der Waals surface area (Å²) < 4.78 is 10.0. The molecule has 0 aromatic heterocycles. The lowest BCUT2D eigenvalue weighted by Crippen LogP contribution is -2.46. The van der Waals surface area contributed by atoms with Crippen molar-refractivity contribution in [1.29, 1.82) is 0 Å². The van der Waals surface area contributed by atoms with Crippen LogP contribution in [-0.4, -0.2) is 54.8 Å². The molecule has 1 atom stereocenters. The molecule has 0 saturated carbocycles. The molecule has 1 heterocycles. The van der Waals surface area contributed by atoms with Crippen molar-refractivity contribution in [3.05, 3.63) is 23.8 Å². The van der Waals surface area contributed by atoms with Gasteiger partial charge in [-0.2, -0.15) is 0 Å². The standard InChI is InChI=1S/C14H18N2O5/c1-20-13(18)7-10-8-16(4-5-21-10)14(19)9-2-3-11(15)12(17)6-9/h2-3,6,10,17H,4-5,7-8,15H2,1H3. The van der Waals surface area contributed by atoms with Gasteiger partial charge in [-0.15, -0.1) is 0 Å². The van der Waals surface area contributed by atoms with Crippen molar-refractivity contribution in [3.8, 4) is 5.75 Å². The number of phenolic OH excluding ortho intramolecular Hbond substituents is 1. The summed E-state index contributed by atoms with van der Waals surface area (Å²) in [4.78, 5) is 25.2. The summed E-state index contributed by atoms with van der Waals surface area (Å²) in [5, 5.41) is 9.57. The topological polar surface area (TPSA) is 102 Å². The molecule has 0 spiro atoms. The molecule has 1 aromatic rings. The van der Waals surface area contributed by atoms with Gasteiger partial charge >= 0.3 is 5.97 Å². The van der Waals surface area contributed by atoms with Crippen molar-refractivity contribution in [1.82, 2.24) is 4.90 Å². The Bertz CT molecular complexity index is 546. The molecule has 2 rings (SSSR count). The van der Waals surface area contributed by atoms with E-state index in [-0.39, 0.29) is 35.8 Å². The van der Waals surface area contributed by atoms with E-state index in [0.717, 1.165) is 0 Å². The quantitative estimate of drug-likeness (QED) is 0.474. The number of nitrogen functional groups attached to an aromatic ring is 1. The summed E-state index contributed by atoms with van der Waals surface area (Å²) in [5.74, 6) is -0.733. The number of hydrogen-bond acceptors (Lipinski definition) is 6. The van der Waals surface area contributed by atoms with E-state index in [2.05, 4.69) is 4.74 Å². The van der Waals surface area contributed by atoms with Crippen LogP contribution in [0.1, 0.15) is 16.8 Å². The molecule has 1 saturated heterocycles. The minimum Gasteiger partial charge on any atom is -0.506 e. The second kappa shape index (κ2) is 6.45. The summed E-state index contributed by atoms with van der Waals surface area (Å²) >= 11 is 0. The third kappa shape index (κ3) is 3.63. The van der Waals surface area contributed by atoms with Crippen LogP contribution in [0.15, 0.2) is 18.2 Å². The molecule has 1 amide bonds. The maximum Gasteiger partial charge on any atom is 0.308 e. The van der Waals surface area contributed by atoms with Gasteiger partial charge in [-0.3, -0.25) is 9.59 Å². The normalized spacial score (nSPS) is 18.3. The van der Waals surface area contributed by atoms with E-state index in [1.807, 2.05) is 0 Å². The molecule has 1 aliphatic rings. The van der Waals surface area contributed by atoms with Gasteiger partial charge in [0.1, 0.15) is 5.75 Å². The predicted molar refractivity (Wildman–Crippen MR) is 74.8 cm³/mol. The lowest BCUT2D eigenvalue weighted by atomic mass is 10.1. The summed E-state index contributed by atoms with van der Waals surface area (Å²) in [5.41, 5.74) is 6.08. The second-order valence-electron chi connectivity index (χ2n) is 4.80. The number of phenols is 1. The Morgan fingerprint density at radius 2 is 2.29 bits per heavy atom. The first-order valence-corrected chi connectivity index (χ1v) is 6.57. The van der Waals surface area contributed by atoms with Gasteiger partial charge in [-0.25, -0.2) is 0 Å². The van der Waals surface area contributed by atoms with Crippen LogP contribution < -0.4 is 5.73 Å². The molecule has 7 heteroatoms. The number of ether oxygens (including phenoxy) is 2. The zero-order valence-corrected chi connectivity index (χ0v) is 11.7. The number of carbonyl (C=O) groups is 2. The highest BCUT2D eigenvalue weighted by Gasteiger charge is 2.27. The van der Waals surface area contributed by atoms with Gasteiger partial charge in [0, 0.05) is 18.7 Å². The Hall–Kier alpha value is -2.28. The van der Waals surface area contributed by atoms with E-state index in [1.54, 1.807) is 11.0 Å². The fraction of sp³-hybridized carbons (Fsp3) is 0.429. The Balaban J connectivity index is 2.04. The molecule has 3 N–H and O–H groups in total. The molecule has 1 aromatic carbocycles. The summed E-state index contributed by atoms with van der Waals surface area (Å²) in [6.07, 6.45) is -0.273. The fourth-order valence-corrected chi connectivity index (χ4v) is 2.16. The lowest BCUT2D eigenvalue weighted by Gasteiger charge is -2.32. The number of methoxy groups -OCH3 is 1. The zero-order valence-electron chi connectivity index (χ0n) is 11.7. The van der Waals surface area contributed by atoms with Crippen molar-refractivity contribution in [2.45, 2.75) is 12.5 Å². The van der Waals surface area contributed by atoms with Crippen molar-refractivity contribution >= 4 is 17.6 Å². The predicted octanol–water partition coefficient (Wildman–Crippen LogP) is 0.379. The summed E-state index contributed by atoms with van der Waals surface area (Å²) in [6.45, 7) is 1.09. The average Bonchev–Trinajstić information content (AvgIpc) is 2.49. The third-order valence-corrected chi connectivity index (χ3v) is 3.33. The molecular weight excluding hydrogens is 276 g/mol. The van der Waals surface area contributed by atoms with Crippen LogP contribution in [-0.2, 0) is 14.3 Å². The largest absolute Gasteiger partial charge is 0.506 e. The highest BCUT2D eigenvalue weighted by atomic mass is 16.5. The number of nitrogens with zero attached hydrogens (tertiary/aromatic N) is 1. The molecule has 0 aliphatic carbocycles. The van der Waals surface area contributed by atoms with Crippen LogP contribution in [0.25, 0.3) is 0 Å². The number of hydrogen-bond donors (Lipinski definition) is 2.